The molecule has 0 radical (unpaired) electrons. The molecule has 2 aliphatic heterocycles. The molecule has 2 aromatic rings. The van der Waals surface area contributed by atoms with Gasteiger partial charge in [-0.15, -0.1) is 5.10 Å². The van der Waals surface area contributed by atoms with E-state index in [1.165, 1.54) is 17.3 Å². The number of nitrogens with zero attached hydrogens (tertiary/aromatic N) is 5. The van der Waals surface area contributed by atoms with E-state index in [-0.39, 0.29) is 23.9 Å². The lowest BCUT2D eigenvalue weighted by Crippen LogP contribution is -2.47. The summed E-state index contributed by atoms with van der Waals surface area (Å²) >= 11 is 1.34. The van der Waals surface area contributed by atoms with Crippen molar-refractivity contribution in [3.05, 3.63) is 35.9 Å². The Bertz CT molecular complexity index is 799. The smallest absolute Gasteiger partial charge is 0.230 e. The van der Waals surface area contributed by atoms with Gasteiger partial charge < -0.3 is 14.8 Å². The molecule has 30 heavy (non-hydrogen) atoms. The van der Waals surface area contributed by atoms with Crippen LogP contribution in [0, 0.1) is 0 Å². The van der Waals surface area contributed by atoms with Crippen LogP contribution in [0.3, 0.4) is 0 Å². The van der Waals surface area contributed by atoms with Crippen LogP contribution < -0.4 is 5.32 Å². The van der Waals surface area contributed by atoms with Gasteiger partial charge in [0.2, 0.25) is 11.1 Å². The number of morpholine rings is 1. The van der Waals surface area contributed by atoms with Gasteiger partial charge in [-0.2, -0.15) is 0 Å². The van der Waals surface area contributed by atoms with Crippen LogP contribution in [0.1, 0.15) is 18.4 Å². The monoisotopic (exact) mass is 432 g/mol. The maximum absolute atomic E-state index is 12.3. The maximum Gasteiger partial charge on any atom is 0.230 e. The Morgan fingerprint density at radius 2 is 2.07 bits per heavy atom. The Kier molecular flexibility index (Phi) is 7.68. The zero-order chi connectivity index (χ0) is 20.6. The molecule has 2 fully saturated rings. The van der Waals surface area contributed by atoms with Gasteiger partial charge >= 0.3 is 0 Å². The Labute approximate surface area is 180 Å². The third kappa shape index (κ3) is 6.24. The van der Waals surface area contributed by atoms with Gasteiger partial charge in [0.15, 0.2) is 0 Å². The minimum absolute atomic E-state index is 0.00115. The molecule has 3 heterocycles. The molecule has 0 bridgehead atoms. The highest BCUT2D eigenvalue weighted by Crippen LogP contribution is 2.18. The van der Waals surface area contributed by atoms with Crippen LogP contribution in [0.25, 0.3) is 0 Å². The number of benzene rings is 1. The molecule has 1 N–H and O–H groups in total. The van der Waals surface area contributed by atoms with Crippen LogP contribution in [0.5, 0.6) is 0 Å². The summed E-state index contributed by atoms with van der Waals surface area (Å²) < 4.78 is 13.2. The summed E-state index contributed by atoms with van der Waals surface area (Å²) in [7, 11) is 0. The minimum atomic E-state index is -0.0459. The Hall–Kier alpha value is -2.01. The van der Waals surface area contributed by atoms with E-state index in [1.54, 1.807) is 4.68 Å². The zero-order valence-corrected chi connectivity index (χ0v) is 17.8. The van der Waals surface area contributed by atoms with Crippen molar-refractivity contribution in [2.45, 2.75) is 43.3 Å². The molecule has 0 unspecified atom stereocenters. The van der Waals surface area contributed by atoms with E-state index < -0.39 is 0 Å². The first kappa shape index (κ1) is 21.2. The fourth-order valence-corrected chi connectivity index (χ4v) is 4.41. The molecule has 4 rings (SSSR count). The number of hydrogen-bond donors (Lipinski definition) is 1. The second-order valence-corrected chi connectivity index (χ2v) is 8.53. The third-order valence-electron chi connectivity index (χ3n) is 5.23. The Balaban J connectivity index is 1.17. The summed E-state index contributed by atoms with van der Waals surface area (Å²) in [6.45, 7) is 5.22. The summed E-state index contributed by atoms with van der Waals surface area (Å²) in [6, 6.07) is 10.4. The molecule has 0 aliphatic carbocycles. The number of rotatable bonds is 9. The van der Waals surface area contributed by atoms with Crippen molar-refractivity contribution in [3.63, 3.8) is 0 Å². The van der Waals surface area contributed by atoms with E-state index in [0.29, 0.717) is 24.9 Å². The predicted molar refractivity (Wildman–Crippen MR) is 112 cm³/mol. The number of aromatic nitrogens is 4. The second-order valence-electron chi connectivity index (χ2n) is 7.58. The number of carbonyl (C=O) groups is 1. The topological polar surface area (TPSA) is 94.4 Å². The van der Waals surface area contributed by atoms with E-state index in [1.807, 2.05) is 6.07 Å². The molecule has 0 saturated carbocycles. The standard InChI is InChI=1S/C20H28N6O3S/c27-19(15-30-20-22-23-24-26(20)14-17-7-4-9-28-17)21-11-18-13-25(8-10-29-18)12-16-5-2-1-3-6-16/h1-3,5-6,17-18H,4,7-15H2,(H,21,27)/t17-,18-/m1/s1. The van der Waals surface area contributed by atoms with E-state index in [4.69, 9.17) is 9.47 Å². The van der Waals surface area contributed by atoms with Gasteiger partial charge in [0.25, 0.3) is 0 Å². The fraction of sp³-hybridized carbons (Fsp3) is 0.600. The maximum atomic E-state index is 12.3. The first-order valence-electron chi connectivity index (χ1n) is 10.4. The van der Waals surface area contributed by atoms with Crippen molar-refractivity contribution >= 4 is 17.7 Å². The van der Waals surface area contributed by atoms with Crippen LogP contribution >= 0.6 is 11.8 Å². The number of thioether (sulfide) groups is 1. The number of carbonyl (C=O) groups excluding carboxylic acids is 1. The van der Waals surface area contributed by atoms with E-state index >= 15 is 0 Å². The highest BCUT2D eigenvalue weighted by Gasteiger charge is 2.22. The van der Waals surface area contributed by atoms with Crippen LogP contribution in [0.15, 0.2) is 35.5 Å². The summed E-state index contributed by atoms with van der Waals surface area (Å²) in [5, 5.41) is 15.4. The molecule has 2 aliphatic rings. The van der Waals surface area contributed by atoms with Crippen LogP contribution in [-0.4, -0.2) is 81.8 Å². The Morgan fingerprint density at radius 3 is 2.90 bits per heavy atom. The van der Waals surface area contributed by atoms with Gasteiger partial charge in [-0.25, -0.2) is 4.68 Å². The van der Waals surface area contributed by atoms with Gasteiger partial charge in [-0.3, -0.25) is 9.69 Å². The summed E-state index contributed by atoms with van der Waals surface area (Å²) in [5.74, 6) is 0.224. The van der Waals surface area contributed by atoms with Gasteiger partial charge in [0, 0.05) is 32.8 Å². The summed E-state index contributed by atoms with van der Waals surface area (Å²) in [5.41, 5.74) is 1.29. The molecule has 2 saturated heterocycles. The van der Waals surface area contributed by atoms with Gasteiger partial charge in [-0.05, 0) is 28.8 Å². The lowest BCUT2D eigenvalue weighted by Gasteiger charge is -2.33. The number of ether oxygens (including phenoxy) is 2. The quantitative estimate of drug-likeness (QED) is 0.586. The van der Waals surface area contributed by atoms with Crippen LogP contribution in [0.4, 0.5) is 0 Å². The van der Waals surface area contributed by atoms with Crippen molar-refractivity contribution < 1.29 is 14.3 Å². The van der Waals surface area contributed by atoms with Gasteiger partial charge in [0.1, 0.15) is 0 Å². The van der Waals surface area contributed by atoms with Crippen molar-refractivity contribution in [2.75, 3.05) is 38.6 Å². The summed E-state index contributed by atoms with van der Waals surface area (Å²) in [6.07, 6.45) is 2.25. The molecule has 10 heteroatoms. The molecule has 0 spiro atoms. The van der Waals surface area contributed by atoms with Gasteiger partial charge in [0.05, 0.1) is 31.1 Å². The number of amides is 1. The van der Waals surface area contributed by atoms with Crippen molar-refractivity contribution in [1.82, 2.24) is 30.4 Å². The third-order valence-corrected chi connectivity index (χ3v) is 6.19. The van der Waals surface area contributed by atoms with Gasteiger partial charge in [-0.1, -0.05) is 42.1 Å². The molecule has 1 amide bonds. The van der Waals surface area contributed by atoms with Crippen molar-refractivity contribution in [1.29, 1.82) is 0 Å². The minimum Gasteiger partial charge on any atom is -0.376 e. The first-order valence-corrected chi connectivity index (χ1v) is 11.4. The molecular weight excluding hydrogens is 404 g/mol. The number of hydrogen-bond acceptors (Lipinski definition) is 8. The van der Waals surface area contributed by atoms with Crippen LogP contribution in [0.2, 0.25) is 0 Å². The molecular formula is C20H28N6O3S. The fourth-order valence-electron chi connectivity index (χ4n) is 3.69. The predicted octanol–water partition coefficient (Wildman–Crippen LogP) is 0.961. The van der Waals surface area contributed by atoms with Crippen molar-refractivity contribution in [3.8, 4) is 0 Å². The average Bonchev–Trinajstić information content (AvgIpc) is 3.44. The first-order chi connectivity index (χ1) is 14.8. The largest absolute Gasteiger partial charge is 0.376 e. The molecule has 1 aromatic heterocycles. The average molecular weight is 433 g/mol. The normalized spacial score (nSPS) is 22.3. The molecule has 1 aromatic carbocycles. The lowest BCUT2D eigenvalue weighted by molar-refractivity contribution is -0.119. The zero-order valence-electron chi connectivity index (χ0n) is 17.0. The van der Waals surface area contributed by atoms with E-state index in [9.17, 15) is 4.79 Å². The second kappa shape index (κ2) is 10.9. The number of tetrazole rings is 1. The SMILES string of the molecule is O=C(CSc1nnnn1C[C@H]1CCCO1)NC[C@@H]1CN(Cc2ccccc2)CCO1. The molecule has 162 valence electrons. The molecule has 9 nitrogen and oxygen atoms in total. The highest BCUT2D eigenvalue weighted by molar-refractivity contribution is 7.99. The van der Waals surface area contributed by atoms with Crippen molar-refractivity contribution in [2.24, 2.45) is 0 Å². The number of nitrogens with one attached hydrogen (secondary N) is 1. The summed E-state index contributed by atoms with van der Waals surface area (Å²) in [4.78, 5) is 14.7. The lowest BCUT2D eigenvalue weighted by atomic mass is 10.2. The highest BCUT2D eigenvalue weighted by atomic mass is 32.2. The van der Waals surface area contributed by atoms with E-state index in [2.05, 4.69) is 50.0 Å². The van der Waals surface area contributed by atoms with Crippen LogP contribution in [-0.2, 0) is 27.4 Å². The van der Waals surface area contributed by atoms with E-state index in [0.717, 1.165) is 39.1 Å². The Morgan fingerprint density at radius 1 is 1.20 bits per heavy atom. The molecule has 2 atom stereocenters.